The van der Waals surface area contributed by atoms with Crippen LogP contribution in [0.5, 0.6) is 11.5 Å². The van der Waals surface area contributed by atoms with Crippen LogP contribution in [0.1, 0.15) is 49.9 Å². The number of hydrogen-bond acceptors (Lipinski definition) is 3. The van der Waals surface area contributed by atoms with Crippen molar-refractivity contribution in [2.75, 3.05) is 0 Å². The van der Waals surface area contributed by atoms with Gasteiger partial charge in [0.25, 0.3) is 5.91 Å². The number of carbonyl (C=O) groups excluding carboxylic acids is 1. The Morgan fingerprint density at radius 1 is 1.32 bits per heavy atom. The van der Waals surface area contributed by atoms with Gasteiger partial charge in [0.15, 0.2) is 0 Å². The Balaban J connectivity index is 2.09. The van der Waals surface area contributed by atoms with E-state index in [4.69, 9.17) is 0 Å². The van der Waals surface area contributed by atoms with Crippen molar-refractivity contribution in [2.45, 2.75) is 45.6 Å². The molecule has 3 N–H and O–H groups in total. The predicted octanol–water partition coefficient (Wildman–Crippen LogP) is 2.80. The molecule has 4 heteroatoms. The Labute approximate surface area is 113 Å². The van der Waals surface area contributed by atoms with Crippen LogP contribution in [0, 0.1) is 5.41 Å². The van der Waals surface area contributed by atoms with Crippen LogP contribution in [-0.4, -0.2) is 22.2 Å². The molecule has 1 amide bonds. The standard InChI is InChI=1S/C15H21NO3/c1-15(2)8-4-5-10(9-15)16-14(19)13-11(17)6-3-7-12(13)18/h3,6-7,10,17-18H,4-5,8-9H2,1-2H3,(H,16,19). The Morgan fingerprint density at radius 2 is 1.95 bits per heavy atom. The predicted molar refractivity (Wildman–Crippen MR) is 73.3 cm³/mol. The molecular weight excluding hydrogens is 242 g/mol. The van der Waals surface area contributed by atoms with Crippen LogP contribution in [0.3, 0.4) is 0 Å². The Hall–Kier alpha value is -1.71. The molecule has 0 radical (unpaired) electrons. The van der Waals surface area contributed by atoms with Crippen molar-refractivity contribution in [1.82, 2.24) is 5.32 Å². The molecule has 4 nitrogen and oxygen atoms in total. The number of aromatic hydroxyl groups is 2. The van der Waals surface area contributed by atoms with Gasteiger partial charge in [0.2, 0.25) is 0 Å². The van der Waals surface area contributed by atoms with Gasteiger partial charge < -0.3 is 15.5 Å². The lowest BCUT2D eigenvalue weighted by Gasteiger charge is -2.35. The fourth-order valence-electron chi connectivity index (χ4n) is 2.84. The molecule has 19 heavy (non-hydrogen) atoms. The van der Waals surface area contributed by atoms with E-state index in [1.54, 1.807) is 0 Å². The van der Waals surface area contributed by atoms with Gasteiger partial charge in [-0.25, -0.2) is 0 Å². The number of phenols is 2. The van der Waals surface area contributed by atoms with Crippen LogP contribution in [0.25, 0.3) is 0 Å². The average Bonchev–Trinajstić information content (AvgIpc) is 2.27. The van der Waals surface area contributed by atoms with Crippen LogP contribution in [0.4, 0.5) is 0 Å². The second kappa shape index (κ2) is 5.11. The number of amides is 1. The zero-order valence-electron chi connectivity index (χ0n) is 11.4. The first-order chi connectivity index (χ1) is 8.89. The van der Waals surface area contributed by atoms with Crippen molar-refractivity contribution in [3.8, 4) is 11.5 Å². The van der Waals surface area contributed by atoms with Gasteiger partial charge in [-0.05, 0) is 36.8 Å². The van der Waals surface area contributed by atoms with Gasteiger partial charge in [0.1, 0.15) is 17.1 Å². The zero-order chi connectivity index (χ0) is 14.0. The summed E-state index contributed by atoms with van der Waals surface area (Å²) in [5.41, 5.74) is 0.197. The highest BCUT2D eigenvalue weighted by Gasteiger charge is 2.29. The molecule has 1 aromatic rings. The minimum absolute atomic E-state index is 0.0362. The van der Waals surface area contributed by atoms with Gasteiger partial charge in [0.05, 0.1) is 0 Å². The molecule has 1 atom stereocenters. The van der Waals surface area contributed by atoms with E-state index >= 15 is 0 Å². The fraction of sp³-hybridized carbons (Fsp3) is 0.533. The molecule has 0 saturated heterocycles. The quantitative estimate of drug-likeness (QED) is 0.768. The number of phenolic OH excluding ortho intramolecular Hbond substituents is 2. The summed E-state index contributed by atoms with van der Waals surface area (Å²) < 4.78 is 0. The second-order valence-electron chi connectivity index (χ2n) is 6.10. The van der Waals surface area contributed by atoms with E-state index in [9.17, 15) is 15.0 Å². The summed E-state index contributed by atoms with van der Waals surface area (Å²) >= 11 is 0. The largest absolute Gasteiger partial charge is 0.507 e. The summed E-state index contributed by atoms with van der Waals surface area (Å²) in [6.07, 6.45) is 4.13. The summed E-state index contributed by atoms with van der Waals surface area (Å²) in [7, 11) is 0. The zero-order valence-corrected chi connectivity index (χ0v) is 11.4. The lowest BCUT2D eigenvalue weighted by molar-refractivity contribution is 0.0897. The maximum atomic E-state index is 12.1. The van der Waals surface area contributed by atoms with Gasteiger partial charge in [-0.15, -0.1) is 0 Å². The minimum Gasteiger partial charge on any atom is -0.507 e. The van der Waals surface area contributed by atoms with Gasteiger partial charge in [0, 0.05) is 6.04 Å². The van der Waals surface area contributed by atoms with E-state index < -0.39 is 5.91 Å². The first-order valence-corrected chi connectivity index (χ1v) is 6.71. The molecule has 0 heterocycles. The fourth-order valence-corrected chi connectivity index (χ4v) is 2.84. The number of carbonyl (C=O) groups is 1. The highest BCUT2D eigenvalue weighted by molar-refractivity contribution is 5.99. The van der Waals surface area contributed by atoms with Crippen molar-refractivity contribution >= 4 is 5.91 Å². The molecule has 1 aromatic carbocycles. The van der Waals surface area contributed by atoms with Crippen molar-refractivity contribution < 1.29 is 15.0 Å². The topological polar surface area (TPSA) is 69.6 Å². The molecule has 1 saturated carbocycles. The monoisotopic (exact) mass is 263 g/mol. The number of rotatable bonds is 2. The smallest absolute Gasteiger partial charge is 0.259 e. The van der Waals surface area contributed by atoms with E-state index in [1.165, 1.54) is 24.6 Å². The molecule has 0 aromatic heterocycles. The first-order valence-electron chi connectivity index (χ1n) is 6.71. The minimum atomic E-state index is -0.404. The van der Waals surface area contributed by atoms with Crippen molar-refractivity contribution in [2.24, 2.45) is 5.41 Å². The second-order valence-corrected chi connectivity index (χ2v) is 6.10. The van der Waals surface area contributed by atoms with E-state index in [0.717, 1.165) is 19.3 Å². The van der Waals surface area contributed by atoms with Crippen molar-refractivity contribution in [3.63, 3.8) is 0 Å². The van der Waals surface area contributed by atoms with E-state index in [0.29, 0.717) is 0 Å². The lowest BCUT2D eigenvalue weighted by atomic mass is 9.75. The molecule has 1 fully saturated rings. The third kappa shape index (κ3) is 3.19. The van der Waals surface area contributed by atoms with Gasteiger partial charge in [-0.3, -0.25) is 4.79 Å². The molecule has 1 aliphatic carbocycles. The Bertz CT molecular complexity index is 462. The van der Waals surface area contributed by atoms with Crippen molar-refractivity contribution in [1.29, 1.82) is 0 Å². The Kier molecular flexibility index (Phi) is 3.69. The normalized spacial score (nSPS) is 21.9. The molecule has 1 unspecified atom stereocenters. The number of nitrogens with one attached hydrogen (secondary N) is 1. The summed E-state index contributed by atoms with van der Waals surface area (Å²) in [5.74, 6) is -0.779. The van der Waals surface area contributed by atoms with Gasteiger partial charge in [-0.2, -0.15) is 0 Å². The molecule has 1 aliphatic rings. The van der Waals surface area contributed by atoms with E-state index in [2.05, 4.69) is 19.2 Å². The molecule has 0 aliphatic heterocycles. The summed E-state index contributed by atoms with van der Waals surface area (Å²) in [5, 5.41) is 22.3. The average molecular weight is 263 g/mol. The highest BCUT2D eigenvalue weighted by Crippen LogP contribution is 2.35. The Morgan fingerprint density at radius 3 is 2.53 bits per heavy atom. The molecule has 0 bridgehead atoms. The third-order valence-corrected chi connectivity index (χ3v) is 3.79. The molecule has 2 rings (SSSR count). The number of hydrogen-bond donors (Lipinski definition) is 3. The van der Waals surface area contributed by atoms with Crippen LogP contribution < -0.4 is 5.32 Å². The van der Waals surface area contributed by atoms with Crippen LogP contribution in [-0.2, 0) is 0 Å². The summed E-state index contributed by atoms with van der Waals surface area (Å²) in [4.78, 5) is 12.1. The van der Waals surface area contributed by atoms with E-state index in [-0.39, 0.29) is 28.5 Å². The molecule has 104 valence electrons. The SMILES string of the molecule is CC1(C)CCCC(NC(=O)c2c(O)cccc2O)C1. The maximum Gasteiger partial charge on any atom is 0.259 e. The van der Waals surface area contributed by atoms with E-state index in [1.807, 2.05) is 0 Å². The third-order valence-electron chi connectivity index (χ3n) is 3.79. The van der Waals surface area contributed by atoms with Crippen LogP contribution in [0.15, 0.2) is 18.2 Å². The summed E-state index contributed by atoms with van der Waals surface area (Å²) in [6, 6.07) is 4.42. The maximum absolute atomic E-state index is 12.1. The molecular formula is C15H21NO3. The van der Waals surface area contributed by atoms with Crippen molar-refractivity contribution in [3.05, 3.63) is 23.8 Å². The highest BCUT2D eigenvalue weighted by atomic mass is 16.3. The number of benzene rings is 1. The van der Waals surface area contributed by atoms with Crippen LogP contribution >= 0.6 is 0 Å². The van der Waals surface area contributed by atoms with Crippen LogP contribution in [0.2, 0.25) is 0 Å². The lowest BCUT2D eigenvalue weighted by Crippen LogP contribution is -2.40. The van der Waals surface area contributed by atoms with Gasteiger partial charge >= 0.3 is 0 Å². The molecule has 0 spiro atoms. The summed E-state index contributed by atoms with van der Waals surface area (Å²) in [6.45, 7) is 4.39. The van der Waals surface area contributed by atoms with Gasteiger partial charge in [-0.1, -0.05) is 26.3 Å². The first kappa shape index (κ1) is 13.7.